The maximum Gasteiger partial charge on any atom is 0.264 e. The number of Topliss-reactive ketones (excluding diaryl/α,β-unsaturated/α-hetero) is 1. The largest absolute Gasteiger partial charge is 0.496 e. The summed E-state index contributed by atoms with van der Waals surface area (Å²) in [6.45, 7) is 7.58. The summed E-state index contributed by atoms with van der Waals surface area (Å²) in [7, 11) is 1.13. The van der Waals surface area contributed by atoms with Crippen LogP contribution in [0.5, 0.6) is 5.75 Å². The molecule has 13 heteroatoms. The summed E-state index contributed by atoms with van der Waals surface area (Å²) >= 11 is 0. The van der Waals surface area contributed by atoms with Gasteiger partial charge >= 0.3 is 0 Å². The lowest BCUT2D eigenvalue weighted by molar-refractivity contribution is -0.182. The first-order valence-corrected chi connectivity index (χ1v) is 19.8. The van der Waals surface area contributed by atoms with E-state index < -0.39 is 40.6 Å². The molecule has 1 aliphatic heterocycles. The number of ether oxygens (including phenoxy) is 1. The van der Waals surface area contributed by atoms with Crippen molar-refractivity contribution in [3.8, 4) is 16.9 Å². The third kappa shape index (κ3) is 7.68. The number of hydroxylamine groups is 2. The van der Waals surface area contributed by atoms with Gasteiger partial charge in [-0.15, -0.1) is 0 Å². The fraction of sp³-hybridized carbons (Fsp3) is 0.439. The van der Waals surface area contributed by atoms with Crippen LogP contribution in [0.3, 0.4) is 0 Å². The van der Waals surface area contributed by atoms with Gasteiger partial charge in [0.15, 0.2) is 0 Å². The number of aliphatic hydroxyl groups is 1. The normalized spacial score (nSPS) is 24.6. The maximum atomic E-state index is 14.2. The van der Waals surface area contributed by atoms with Gasteiger partial charge in [-0.1, -0.05) is 81.0 Å². The molecule has 1 saturated carbocycles. The van der Waals surface area contributed by atoms with Crippen molar-refractivity contribution in [2.75, 3.05) is 32.7 Å². The number of methoxy groups -OCH3 is 1. The first kappa shape index (κ1) is 39.1. The number of hydrogen-bond donors (Lipinski definition) is 3. The van der Waals surface area contributed by atoms with Crippen molar-refractivity contribution in [2.24, 2.45) is 23.2 Å². The molecule has 288 valence electrons. The third-order valence-corrected chi connectivity index (χ3v) is 12.5. The number of amides is 2. The van der Waals surface area contributed by atoms with Crippen molar-refractivity contribution >= 4 is 33.3 Å². The van der Waals surface area contributed by atoms with E-state index >= 15 is 0 Å². The average Bonchev–Trinajstić information content (AvgIpc) is 3.50. The zero-order valence-electron chi connectivity index (χ0n) is 31.8. The van der Waals surface area contributed by atoms with Crippen LogP contribution in [0.1, 0.15) is 55.6 Å². The number of aliphatic hydroxyl groups excluding tert-OH is 1. The molecule has 3 aromatic carbocycles. The molecular weight excluding hydrogens is 709 g/mol. The molecule has 1 saturated heterocycles. The standard InChI is InChI=1S/C41H50N4O8S/c1-24-33-19-30(41(33,3)4)20-34(24)42-40(49)37-36(25(2)47)35(22-46)53-45(37)21-27-14-11-15-32(38(27)52-7)28-16-29(18-31(17-28)44(5)6)39(48)43-54(50,51)23-26-12-9-8-10-13-26/h8-19,24,30,34-37,46H,20-23H2,1-7H3,(H,42,49)(H,43,48)/t24-,30+,34-,35-,36+,37-/m0/s1. The van der Waals surface area contributed by atoms with Crippen LogP contribution in [-0.4, -0.2) is 82.2 Å². The second-order valence-electron chi connectivity index (χ2n) is 15.4. The Morgan fingerprint density at radius 2 is 1.78 bits per heavy atom. The van der Waals surface area contributed by atoms with Crippen LogP contribution in [0.4, 0.5) is 5.69 Å². The van der Waals surface area contributed by atoms with Crippen LogP contribution < -0.4 is 19.7 Å². The number of benzene rings is 3. The Kier molecular flexibility index (Phi) is 11.1. The second-order valence-corrected chi connectivity index (χ2v) is 17.1. The molecule has 3 aliphatic carbocycles. The zero-order chi connectivity index (χ0) is 39.1. The number of ketones is 1. The van der Waals surface area contributed by atoms with Gasteiger partial charge in [0.05, 0.1) is 31.9 Å². The van der Waals surface area contributed by atoms with Gasteiger partial charge in [0, 0.05) is 42.5 Å². The summed E-state index contributed by atoms with van der Waals surface area (Å²) in [5.41, 5.74) is 4.56. The molecule has 7 rings (SSSR count). The third-order valence-electron chi connectivity index (χ3n) is 11.3. The number of anilines is 1. The Labute approximate surface area is 317 Å². The lowest BCUT2D eigenvalue weighted by Gasteiger charge is -2.54. The fourth-order valence-corrected chi connectivity index (χ4v) is 9.39. The van der Waals surface area contributed by atoms with Gasteiger partial charge in [-0.3, -0.25) is 19.2 Å². The monoisotopic (exact) mass is 758 g/mol. The average molecular weight is 759 g/mol. The summed E-state index contributed by atoms with van der Waals surface area (Å²) < 4.78 is 34.1. The van der Waals surface area contributed by atoms with Crippen molar-refractivity contribution in [2.45, 2.75) is 64.6 Å². The van der Waals surface area contributed by atoms with Gasteiger partial charge < -0.3 is 20.1 Å². The van der Waals surface area contributed by atoms with Crippen molar-refractivity contribution in [1.29, 1.82) is 0 Å². The van der Waals surface area contributed by atoms with Crippen LogP contribution in [-0.2, 0) is 36.7 Å². The Morgan fingerprint density at radius 1 is 1.06 bits per heavy atom. The SMILES string of the molecule is COc1c(CN2O[C@@H](CO)[C@@H](C(C)=O)[C@H]2C(=O)N[C@H]2C[C@H]3C=C([C@@H]2C)C3(C)C)cccc1-c1cc(C(=O)NS(=O)(=O)Cc2ccccc2)cc(N(C)C)c1. The van der Waals surface area contributed by atoms with Crippen molar-refractivity contribution in [1.82, 2.24) is 15.1 Å². The van der Waals surface area contributed by atoms with Crippen molar-refractivity contribution in [3.05, 3.63) is 95.1 Å². The number of sulfonamides is 1. The highest BCUT2D eigenvalue weighted by Gasteiger charge is 2.53. The molecule has 2 bridgehead atoms. The number of allylic oxidation sites excluding steroid dienone is 1. The number of nitrogens with one attached hydrogen (secondary N) is 2. The first-order valence-electron chi connectivity index (χ1n) is 18.2. The van der Waals surface area contributed by atoms with E-state index in [2.05, 4.69) is 36.9 Å². The van der Waals surface area contributed by atoms with Gasteiger partial charge in [-0.25, -0.2) is 13.1 Å². The van der Waals surface area contributed by atoms with E-state index in [0.29, 0.717) is 39.6 Å². The molecule has 2 fully saturated rings. The predicted octanol–water partition coefficient (Wildman–Crippen LogP) is 4.48. The number of para-hydroxylation sites is 1. The Bertz CT molecular complexity index is 2070. The predicted molar refractivity (Wildman–Crippen MR) is 206 cm³/mol. The molecule has 1 heterocycles. The number of carbonyl (C=O) groups is 3. The lowest BCUT2D eigenvalue weighted by atomic mass is 9.52. The van der Waals surface area contributed by atoms with E-state index in [1.807, 2.05) is 38.4 Å². The minimum atomic E-state index is -4.01. The molecule has 2 amide bonds. The molecule has 12 nitrogen and oxygen atoms in total. The van der Waals surface area contributed by atoms with Crippen LogP contribution in [0.15, 0.2) is 78.4 Å². The smallest absolute Gasteiger partial charge is 0.264 e. The molecule has 3 aromatic rings. The summed E-state index contributed by atoms with van der Waals surface area (Å²) in [5.74, 6) is -1.70. The topological polar surface area (TPSA) is 155 Å². The van der Waals surface area contributed by atoms with Gasteiger partial charge in [0.1, 0.15) is 23.7 Å². The number of carbonyl (C=O) groups excluding carboxylic acids is 3. The van der Waals surface area contributed by atoms with Crippen LogP contribution in [0.2, 0.25) is 0 Å². The molecule has 3 N–H and O–H groups in total. The van der Waals surface area contributed by atoms with E-state index in [4.69, 9.17) is 9.57 Å². The van der Waals surface area contributed by atoms with Crippen LogP contribution in [0, 0.1) is 23.2 Å². The van der Waals surface area contributed by atoms with E-state index in [1.165, 1.54) is 24.7 Å². The summed E-state index contributed by atoms with van der Waals surface area (Å²) in [5, 5.41) is 15.0. The Hall–Kier alpha value is -4.56. The summed E-state index contributed by atoms with van der Waals surface area (Å²) in [4.78, 5) is 48.6. The summed E-state index contributed by atoms with van der Waals surface area (Å²) in [6.07, 6.45) is 2.18. The summed E-state index contributed by atoms with van der Waals surface area (Å²) in [6, 6.07) is 18.0. The molecule has 0 unspecified atom stereocenters. The maximum absolute atomic E-state index is 14.2. The first-order chi connectivity index (χ1) is 25.5. The van der Waals surface area contributed by atoms with E-state index in [0.717, 1.165) is 6.42 Å². The van der Waals surface area contributed by atoms with Crippen molar-refractivity contribution < 1.29 is 37.5 Å². The highest BCUT2D eigenvalue weighted by Crippen LogP contribution is 2.56. The van der Waals surface area contributed by atoms with E-state index in [-0.39, 0.29) is 46.9 Å². The molecule has 54 heavy (non-hydrogen) atoms. The number of fused-ring (bicyclic) bond motifs is 2. The van der Waals surface area contributed by atoms with Gasteiger partial charge in [0.2, 0.25) is 15.9 Å². The molecule has 0 radical (unpaired) electrons. The molecule has 6 atom stereocenters. The Morgan fingerprint density at radius 3 is 2.39 bits per heavy atom. The zero-order valence-corrected chi connectivity index (χ0v) is 32.6. The number of hydrogen-bond acceptors (Lipinski definition) is 10. The van der Waals surface area contributed by atoms with Gasteiger partial charge in [0.25, 0.3) is 5.91 Å². The van der Waals surface area contributed by atoms with Gasteiger partial charge in [-0.2, -0.15) is 5.06 Å². The van der Waals surface area contributed by atoms with Crippen molar-refractivity contribution in [3.63, 3.8) is 0 Å². The molecule has 0 aromatic heterocycles. The molecular formula is C41H50N4O8S. The van der Waals surface area contributed by atoms with Crippen LogP contribution in [0.25, 0.3) is 11.1 Å². The molecule has 4 aliphatic rings. The minimum absolute atomic E-state index is 0.0366. The second kappa shape index (κ2) is 15.3. The quantitative estimate of drug-likeness (QED) is 0.213. The fourth-order valence-electron chi connectivity index (χ4n) is 8.28. The van der Waals surface area contributed by atoms with Crippen LogP contribution >= 0.6 is 0 Å². The number of rotatable bonds is 13. The molecule has 0 spiro atoms. The van der Waals surface area contributed by atoms with Gasteiger partial charge in [-0.05, 0) is 59.9 Å². The lowest BCUT2D eigenvalue weighted by Crippen LogP contribution is -2.57. The number of nitrogens with zero attached hydrogens (tertiary/aromatic N) is 2. The Balaban J connectivity index is 1.29. The highest BCUT2D eigenvalue weighted by molar-refractivity contribution is 7.89. The highest BCUT2D eigenvalue weighted by atomic mass is 32.2. The minimum Gasteiger partial charge on any atom is -0.496 e. The van der Waals surface area contributed by atoms with E-state index in [1.54, 1.807) is 47.4 Å². The van der Waals surface area contributed by atoms with E-state index in [9.17, 15) is 27.9 Å².